The molecule has 0 heterocycles. The molecule has 1 radical (unpaired) electrons. The quantitative estimate of drug-likeness (QED) is 0.435. The molecule has 0 aliphatic rings. The van der Waals surface area contributed by atoms with Crippen LogP contribution in [-0.4, -0.2) is 0 Å². The largest absolute Gasteiger partial charge is 0.207 e. The Bertz CT molecular complexity index is 353. The lowest BCUT2D eigenvalue weighted by Crippen LogP contribution is -2.02. The highest BCUT2D eigenvalue weighted by Gasteiger charge is 2.14. The molecule has 113 valence electrons. The van der Waals surface area contributed by atoms with Crippen LogP contribution in [0, 0.1) is 17.7 Å². The Kier molecular flexibility index (Phi) is 8.48. The van der Waals surface area contributed by atoms with Crippen molar-refractivity contribution in [2.45, 2.75) is 77.6 Å². The van der Waals surface area contributed by atoms with Crippen LogP contribution in [0.15, 0.2) is 12.1 Å². The molecule has 0 amide bonds. The molecule has 1 atom stereocenters. The first-order chi connectivity index (χ1) is 9.67. The Morgan fingerprint density at radius 2 is 1.50 bits per heavy atom. The molecule has 0 fully saturated rings. The van der Waals surface area contributed by atoms with Gasteiger partial charge in [0.1, 0.15) is 11.6 Å². The summed E-state index contributed by atoms with van der Waals surface area (Å²) in [6, 6.07) is 5.07. The van der Waals surface area contributed by atoms with Crippen LogP contribution in [0.3, 0.4) is 0 Å². The highest BCUT2D eigenvalue weighted by molar-refractivity contribution is 5.20. The fraction of sp³-hybridized carbons (Fsp3) is 0.667. The van der Waals surface area contributed by atoms with Gasteiger partial charge in [0.2, 0.25) is 0 Å². The lowest BCUT2D eigenvalue weighted by molar-refractivity contribution is 0.493. The Morgan fingerprint density at radius 3 is 2.10 bits per heavy atom. The summed E-state index contributed by atoms with van der Waals surface area (Å²) in [7, 11) is 0. The van der Waals surface area contributed by atoms with Gasteiger partial charge in [0.05, 0.1) is 0 Å². The molecule has 1 rings (SSSR count). The van der Waals surface area contributed by atoms with Crippen LogP contribution >= 0.6 is 0 Å². The Labute approximate surface area is 122 Å². The Hall–Kier alpha value is -0.920. The number of hydrogen-bond acceptors (Lipinski definition) is 0. The zero-order valence-corrected chi connectivity index (χ0v) is 12.9. The van der Waals surface area contributed by atoms with Gasteiger partial charge < -0.3 is 0 Å². The molecule has 0 spiro atoms. The third kappa shape index (κ3) is 6.49. The lowest BCUT2D eigenvalue weighted by Gasteiger charge is -2.17. The Morgan fingerprint density at radius 1 is 0.900 bits per heavy atom. The second kappa shape index (κ2) is 9.90. The van der Waals surface area contributed by atoms with E-state index in [1.807, 2.05) is 0 Å². The van der Waals surface area contributed by atoms with Crippen molar-refractivity contribution in [2.75, 3.05) is 0 Å². The summed E-state index contributed by atoms with van der Waals surface area (Å²) in [5.41, 5.74) is 0.718. The van der Waals surface area contributed by atoms with Gasteiger partial charge in [-0.1, -0.05) is 58.8 Å². The molecular weight excluding hydrogens is 254 g/mol. The lowest BCUT2D eigenvalue weighted by atomic mass is 9.88. The maximum Gasteiger partial charge on any atom is 0.134 e. The van der Waals surface area contributed by atoms with Crippen LogP contribution in [0.1, 0.15) is 83.1 Å². The van der Waals surface area contributed by atoms with E-state index in [0.717, 1.165) is 37.3 Å². The molecule has 0 saturated heterocycles. The second-order valence-electron chi connectivity index (χ2n) is 5.64. The van der Waals surface area contributed by atoms with Gasteiger partial charge in [-0.2, -0.15) is 0 Å². The number of rotatable bonds is 10. The van der Waals surface area contributed by atoms with E-state index in [0.29, 0.717) is 0 Å². The standard InChI is InChI=1S/C18H27F2/c1-3-5-7-9-11-15(10-8-6-4-2)16-12-17(19)14-18(20)13-16/h12,14-15H,3-11H2,1-2H3. The van der Waals surface area contributed by atoms with Crippen molar-refractivity contribution >= 4 is 0 Å². The van der Waals surface area contributed by atoms with Gasteiger partial charge >= 0.3 is 0 Å². The molecule has 0 aliphatic heterocycles. The van der Waals surface area contributed by atoms with E-state index in [-0.39, 0.29) is 5.92 Å². The number of unbranched alkanes of at least 4 members (excludes halogenated alkanes) is 5. The number of benzene rings is 1. The highest BCUT2D eigenvalue weighted by atomic mass is 19.1. The minimum Gasteiger partial charge on any atom is -0.207 e. The molecule has 20 heavy (non-hydrogen) atoms. The summed E-state index contributed by atoms with van der Waals surface area (Å²) in [4.78, 5) is 0. The average Bonchev–Trinajstić information content (AvgIpc) is 2.40. The predicted molar refractivity (Wildman–Crippen MR) is 80.8 cm³/mol. The molecule has 1 aromatic rings. The topological polar surface area (TPSA) is 0 Å². The van der Waals surface area contributed by atoms with Crippen molar-refractivity contribution in [1.82, 2.24) is 0 Å². The molecule has 1 aromatic carbocycles. The monoisotopic (exact) mass is 281 g/mol. The first-order valence-electron chi connectivity index (χ1n) is 8.05. The molecule has 0 N–H and O–H groups in total. The van der Waals surface area contributed by atoms with E-state index in [4.69, 9.17) is 0 Å². The molecule has 0 aromatic heterocycles. The fourth-order valence-corrected chi connectivity index (χ4v) is 2.65. The highest BCUT2D eigenvalue weighted by Crippen LogP contribution is 2.29. The van der Waals surface area contributed by atoms with E-state index in [1.165, 1.54) is 38.2 Å². The van der Waals surface area contributed by atoms with Crippen LogP contribution in [0.25, 0.3) is 0 Å². The second-order valence-corrected chi connectivity index (χ2v) is 5.64. The van der Waals surface area contributed by atoms with Crippen LogP contribution in [-0.2, 0) is 0 Å². The zero-order valence-electron chi connectivity index (χ0n) is 12.9. The molecular formula is C18H27F2. The Balaban J connectivity index is 2.64. The summed E-state index contributed by atoms with van der Waals surface area (Å²) in [5, 5.41) is 0. The van der Waals surface area contributed by atoms with Gasteiger partial charge in [-0.05, 0) is 30.4 Å². The SMILES string of the molecule is CCCCCCC(CCCCC)c1[c]c(F)cc(F)c1. The van der Waals surface area contributed by atoms with Crippen LogP contribution in [0.5, 0.6) is 0 Å². The van der Waals surface area contributed by atoms with Crippen molar-refractivity contribution < 1.29 is 8.78 Å². The molecule has 1 unspecified atom stereocenters. The van der Waals surface area contributed by atoms with E-state index in [9.17, 15) is 8.78 Å². The molecule has 0 bridgehead atoms. The third-order valence-corrected chi connectivity index (χ3v) is 3.82. The third-order valence-electron chi connectivity index (χ3n) is 3.82. The normalized spacial score (nSPS) is 12.6. The molecule has 0 nitrogen and oxygen atoms in total. The predicted octanol–water partition coefficient (Wildman–Crippen LogP) is 6.40. The van der Waals surface area contributed by atoms with Crippen LogP contribution in [0.4, 0.5) is 8.78 Å². The van der Waals surface area contributed by atoms with Gasteiger partial charge in [-0.25, -0.2) is 8.78 Å². The summed E-state index contributed by atoms with van der Waals surface area (Å²) >= 11 is 0. The summed E-state index contributed by atoms with van der Waals surface area (Å²) in [6.07, 6.45) is 10.3. The average molecular weight is 281 g/mol. The summed E-state index contributed by atoms with van der Waals surface area (Å²) < 4.78 is 26.7. The van der Waals surface area contributed by atoms with Crippen LogP contribution in [0.2, 0.25) is 0 Å². The summed E-state index contributed by atoms with van der Waals surface area (Å²) in [6.45, 7) is 4.36. The van der Waals surface area contributed by atoms with Gasteiger partial charge in [0.15, 0.2) is 0 Å². The zero-order chi connectivity index (χ0) is 14.8. The van der Waals surface area contributed by atoms with Crippen molar-refractivity contribution in [3.63, 3.8) is 0 Å². The molecule has 2 heteroatoms. The maximum absolute atomic E-state index is 13.4. The van der Waals surface area contributed by atoms with Gasteiger partial charge in [0, 0.05) is 12.1 Å². The van der Waals surface area contributed by atoms with E-state index >= 15 is 0 Å². The number of hydrogen-bond donors (Lipinski definition) is 0. The van der Waals surface area contributed by atoms with Gasteiger partial charge in [-0.3, -0.25) is 0 Å². The minimum atomic E-state index is -0.575. The smallest absolute Gasteiger partial charge is 0.134 e. The van der Waals surface area contributed by atoms with E-state index in [1.54, 1.807) is 0 Å². The minimum absolute atomic E-state index is 0.253. The van der Waals surface area contributed by atoms with E-state index < -0.39 is 11.6 Å². The van der Waals surface area contributed by atoms with Crippen molar-refractivity contribution in [3.8, 4) is 0 Å². The summed E-state index contributed by atoms with van der Waals surface area (Å²) in [5.74, 6) is -0.803. The van der Waals surface area contributed by atoms with E-state index in [2.05, 4.69) is 19.9 Å². The van der Waals surface area contributed by atoms with Gasteiger partial charge in [0.25, 0.3) is 0 Å². The molecule has 0 aliphatic carbocycles. The number of halogens is 2. The van der Waals surface area contributed by atoms with Crippen molar-refractivity contribution in [3.05, 3.63) is 35.4 Å². The fourth-order valence-electron chi connectivity index (χ4n) is 2.65. The molecule has 0 saturated carbocycles. The van der Waals surface area contributed by atoms with Crippen LogP contribution < -0.4 is 0 Å². The van der Waals surface area contributed by atoms with Gasteiger partial charge in [-0.15, -0.1) is 0 Å². The first kappa shape index (κ1) is 17.1. The van der Waals surface area contributed by atoms with Crippen molar-refractivity contribution in [2.24, 2.45) is 0 Å². The van der Waals surface area contributed by atoms with Crippen molar-refractivity contribution in [1.29, 1.82) is 0 Å². The maximum atomic E-state index is 13.4. The first-order valence-corrected chi connectivity index (χ1v) is 8.05.